The third kappa shape index (κ3) is 6.17. The zero-order valence-electron chi connectivity index (χ0n) is 15.6. The van der Waals surface area contributed by atoms with E-state index in [9.17, 15) is 19.2 Å². The SMILES string of the molecule is Cc1ccccc1-c1ccccc1C.O=C1C=CC(=O)N1.O=C1C=CC(=O)N1. The summed E-state index contributed by atoms with van der Waals surface area (Å²) in [5.41, 5.74) is 5.35. The fourth-order valence-corrected chi connectivity index (χ4v) is 2.46. The lowest BCUT2D eigenvalue weighted by atomic mass is 9.97. The Morgan fingerprint density at radius 3 is 1.00 bits per heavy atom. The number of hydrogen-bond acceptors (Lipinski definition) is 4. The quantitative estimate of drug-likeness (QED) is 0.748. The maximum Gasteiger partial charge on any atom is 0.250 e. The predicted octanol–water partition coefficient (Wildman–Crippen LogP) is 2.37. The van der Waals surface area contributed by atoms with Gasteiger partial charge in [0, 0.05) is 24.3 Å². The molecule has 0 fully saturated rings. The van der Waals surface area contributed by atoms with Crippen molar-refractivity contribution < 1.29 is 19.2 Å². The van der Waals surface area contributed by atoms with Crippen molar-refractivity contribution in [1.82, 2.24) is 10.6 Å². The molecule has 0 unspecified atom stereocenters. The number of carbonyl (C=O) groups excluding carboxylic acids is 4. The van der Waals surface area contributed by atoms with Gasteiger partial charge in [-0.2, -0.15) is 0 Å². The normalized spacial score (nSPS) is 13.9. The number of nitrogens with one attached hydrogen (secondary N) is 2. The molecule has 28 heavy (non-hydrogen) atoms. The molecule has 0 atom stereocenters. The molecule has 0 radical (unpaired) electrons. The van der Waals surface area contributed by atoms with E-state index < -0.39 is 0 Å². The number of carbonyl (C=O) groups is 4. The van der Waals surface area contributed by atoms with Gasteiger partial charge >= 0.3 is 0 Å². The van der Waals surface area contributed by atoms with Crippen molar-refractivity contribution in [2.24, 2.45) is 0 Å². The summed E-state index contributed by atoms with van der Waals surface area (Å²) in [7, 11) is 0. The Morgan fingerprint density at radius 2 is 0.786 bits per heavy atom. The predicted molar refractivity (Wildman–Crippen MR) is 106 cm³/mol. The highest BCUT2D eigenvalue weighted by molar-refractivity contribution is 6.13. The van der Waals surface area contributed by atoms with Gasteiger partial charge in [-0.1, -0.05) is 48.5 Å². The minimum atomic E-state index is -0.329. The van der Waals surface area contributed by atoms with Gasteiger partial charge in [-0.15, -0.1) is 0 Å². The van der Waals surface area contributed by atoms with Gasteiger partial charge in [-0.25, -0.2) is 0 Å². The molecule has 2 aromatic carbocycles. The Labute approximate surface area is 163 Å². The lowest BCUT2D eigenvalue weighted by molar-refractivity contribution is -0.125. The lowest BCUT2D eigenvalue weighted by Gasteiger charge is -2.08. The number of rotatable bonds is 1. The fourth-order valence-electron chi connectivity index (χ4n) is 2.46. The molecule has 2 N–H and O–H groups in total. The van der Waals surface area contributed by atoms with E-state index in [0.29, 0.717) is 0 Å². The zero-order chi connectivity index (χ0) is 20.5. The summed E-state index contributed by atoms with van der Waals surface area (Å²) in [5, 5.41) is 4.06. The number of imide groups is 2. The average Bonchev–Trinajstić information content (AvgIpc) is 3.23. The van der Waals surface area contributed by atoms with Crippen molar-refractivity contribution in [2.45, 2.75) is 13.8 Å². The van der Waals surface area contributed by atoms with Gasteiger partial charge in [0.25, 0.3) is 23.6 Å². The van der Waals surface area contributed by atoms with E-state index in [1.807, 2.05) is 10.6 Å². The van der Waals surface area contributed by atoms with E-state index in [-0.39, 0.29) is 23.6 Å². The molecule has 2 heterocycles. The fraction of sp³-hybridized carbons (Fsp3) is 0.0909. The van der Waals surface area contributed by atoms with Crippen molar-refractivity contribution in [3.05, 3.63) is 84.0 Å². The van der Waals surface area contributed by atoms with Gasteiger partial charge in [-0.3, -0.25) is 29.8 Å². The highest BCUT2D eigenvalue weighted by Crippen LogP contribution is 2.25. The second-order valence-electron chi connectivity index (χ2n) is 6.00. The van der Waals surface area contributed by atoms with E-state index in [4.69, 9.17) is 0 Å². The molecular weight excluding hydrogens is 356 g/mol. The van der Waals surface area contributed by atoms with Crippen molar-refractivity contribution in [3.8, 4) is 11.1 Å². The highest BCUT2D eigenvalue weighted by atomic mass is 16.2. The Balaban J connectivity index is 0.000000168. The van der Waals surface area contributed by atoms with E-state index >= 15 is 0 Å². The van der Waals surface area contributed by atoms with Crippen molar-refractivity contribution in [3.63, 3.8) is 0 Å². The molecule has 0 aromatic heterocycles. The van der Waals surface area contributed by atoms with E-state index in [2.05, 4.69) is 62.4 Å². The summed E-state index contributed by atoms with van der Waals surface area (Å²) in [4.78, 5) is 40.1. The van der Waals surface area contributed by atoms with Gasteiger partial charge in [0.1, 0.15) is 0 Å². The molecule has 4 amide bonds. The molecule has 0 bridgehead atoms. The molecule has 0 aliphatic carbocycles. The first-order valence-electron chi connectivity index (χ1n) is 8.54. The van der Waals surface area contributed by atoms with Gasteiger partial charge in [-0.05, 0) is 36.1 Å². The van der Waals surface area contributed by atoms with Crippen LogP contribution in [0.3, 0.4) is 0 Å². The first kappa shape index (κ1) is 20.5. The standard InChI is InChI=1S/C14H14.2C4H3NO2/c1-11-7-3-5-9-13(11)14-10-6-4-8-12(14)2;2*6-3-1-2-4(7)5-3/h3-10H,1-2H3;2*1-2H,(H,5,6,7). The van der Waals surface area contributed by atoms with Crippen LogP contribution in [0, 0.1) is 13.8 Å². The second kappa shape index (κ2) is 9.78. The van der Waals surface area contributed by atoms with E-state index in [0.717, 1.165) is 0 Å². The van der Waals surface area contributed by atoms with Crippen LogP contribution in [0.1, 0.15) is 11.1 Å². The first-order chi connectivity index (χ1) is 13.4. The maximum absolute atomic E-state index is 10.0. The van der Waals surface area contributed by atoms with Crippen LogP contribution in [0.4, 0.5) is 0 Å². The molecule has 2 aromatic rings. The smallest absolute Gasteiger partial charge is 0.250 e. The van der Waals surface area contributed by atoms with Gasteiger partial charge in [0.2, 0.25) is 0 Å². The van der Waals surface area contributed by atoms with Crippen LogP contribution in [0.15, 0.2) is 72.8 Å². The van der Waals surface area contributed by atoms with Gasteiger partial charge < -0.3 is 0 Å². The topological polar surface area (TPSA) is 92.3 Å². The number of benzene rings is 2. The number of amides is 4. The molecule has 4 rings (SSSR count). The summed E-state index contributed by atoms with van der Waals surface area (Å²) in [5.74, 6) is -1.31. The molecule has 0 spiro atoms. The molecule has 0 saturated heterocycles. The highest BCUT2D eigenvalue weighted by Gasteiger charge is 2.07. The zero-order valence-corrected chi connectivity index (χ0v) is 15.6. The largest absolute Gasteiger partial charge is 0.289 e. The molecule has 0 saturated carbocycles. The Morgan fingerprint density at radius 1 is 0.500 bits per heavy atom. The van der Waals surface area contributed by atoms with Crippen LogP contribution in [0.25, 0.3) is 11.1 Å². The van der Waals surface area contributed by atoms with Crippen LogP contribution >= 0.6 is 0 Å². The van der Waals surface area contributed by atoms with E-state index in [1.54, 1.807) is 0 Å². The van der Waals surface area contributed by atoms with Crippen molar-refractivity contribution in [2.75, 3.05) is 0 Å². The summed E-state index contributed by atoms with van der Waals surface area (Å²) in [6.07, 6.45) is 4.79. The first-order valence-corrected chi connectivity index (χ1v) is 8.54. The monoisotopic (exact) mass is 376 g/mol. The van der Waals surface area contributed by atoms with E-state index in [1.165, 1.54) is 46.6 Å². The molecule has 6 nitrogen and oxygen atoms in total. The molecular formula is C22H20N2O4. The maximum atomic E-state index is 10.0. The molecule has 142 valence electrons. The summed E-state index contributed by atoms with van der Waals surface area (Å²) in [6, 6.07) is 17.0. The minimum Gasteiger partial charge on any atom is -0.289 e. The Bertz CT molecular complexity index is 863. The van der Waals surface area contributed by atoms with Crippen molar-refractivity contribution in [1.29, 1.82) is 0 Å². The van der Waals surface area contributed by atoms with Crippen LogP contribution in [0.5, 0.6) is 0 Å². The van der Waals surface area contributed by atoms with Crippen LogP contribution in [-0.4, -0.2) is 23.6 Å². The Hall–Kier alpha value is -3.80. The van der Waals surface area contributed by atoms with Gasteiger partial charge in [0.05, 0.1) is 0 Å². The third-order valence-electron chi connectivity index (χ3n) is 3.85. The number of aryl methyl sites for hydroxylation is 2. The van der Waals surface area contributed by atoms with Gasteiger partial charge in [0.15, 0.2) is 0 Å². The summed E-state index contributed by atoms with van der Waals surface area (Å²) in [6.45, 7) is 4.31. The van der Waals surface area contributed by atoms with Crippen molar-refractivity contribution >= 4 is 23.6 Å². The summed E-state index contributed by atoms with van der Waals surface area (Å²) >= 11 is 0. The third-order valence-corrected chi connectivity index (χ3v) is 3.85. The van der Waals surface area contributed by atoms with Crippen LogP contribution in [-0.2, 0) is 19.2 Å². The minimum absolute atomic E-state index is 0.329. The molecule has 2 aliphatic rings. The van der Waals surface area contributed by atoms with Crippen LogP contribution < -0.4 is 10.6 Å². The Kier molecular flexibility index (Phi) is 7.16. The molecule has 2 aliphatic heterocycles. The second-order valence-corrected chi connectivity index (χ2v) is 6.00. The summed E-state index contributed by atoms with van der Waals surface area (Å²) < 4.78 is 0. The number of hydrogen-bond donors (Lipinski definition) is 2. The lowest BCUT2D eigenvalue weighted by Crippen LogP contribution is -2.19. The molecule has 6 heteroatoms. The average molecular weight is 376 g/mol. The van der Waals surface area contributed by atoms with Crippen LogP contribution in [0.2, 0.25) is 0 Å².